The van der Waals surface area contributed by atoms with Crippen LogP contribution in [-0.2, 0) is 24.3 Å². The number of aromatic nitrogens is 2. The lowest BCUT2D eigenvalue weighted by Crippen LogP contribution is -2.40. The molecule has 7 heteroatoms. The van der Waals surface area contributed by atoms with E-state index in [1.54, 1.807) is 11.1 Å². The third-order valence-corrected chi connectivity index (χ3v) is 6.17. The number of nitrogens with one attached hydrogen (secondary N) is 1. The van der Waals surface area contributed by atoms with Crippen LogP contribution in [0.4, 0.5) is 4.79 Å². The van der Waals surface area contributed by atoms with Gasteiger partial charge < -0.3 is 14.2 Å². The van der Waals surface area contributed by atoms with Crippen LogP contribution in [0, 0.1) is 0 Å². The Morgan fingerprint density at radius 1 is 0.969 bits per heavy atom. The number of para-hydroxylation sites is 1. The van der Waals surface area contributed by atoms with Gasteiger partial charge in [-0.25, -0.2) is 9.78 Å². The third kappa shape index (κ3) is 3.01. The second-order valence-electron chi connectivity index (χ2n) is 8.09. The van der Waals surface area contributed by atoms with Crippen LogP contribution in [0.2, 0.25) is 0 Å². The number of amides is 3. The van der Waals surface area contributed by atoms with Crippen molar-refractivity contribution in [2.45, 2.75) is 25.6 Å². The molecule has 1 unspecified atom stereocenters. The summed E-state index contributed by atoms with van der Waals surface area (Å²) in [5, 5.41) is 3.48. The van der Waals surface area contributed by atoms with E-state index in [4.69, 9.17) is 4.74 Å². The first kappa shape index (κ1) is 18.6. The van der Waals surface area contributed by atoms with Crippen LogP contribution in [0.25, 0.3) is 11.0 Å². The first-order valence-electron chi connectivity index (χ1n) is 10.6. The number of benzene rings is 2. The molecule has 158 valence electrons. The summed E-state index contributed by atoms with van der Waals surface area (Å²) in [6.07, 6.45) is 2.28. The molecule has 4 aromatic rings. The molecule has 0 aliphatic carbocycles. The number of nitrogens with zero attached hydrogens (tertiary/aromatic N) is 3. The van der Waals surface area contributed by atoms with Gasteiger partial charge in [0.05, 0.1) is 6.54 Å². The Bertz CT molecular complexity index is 1350. The number of ether oxygens (including phenoxy) is 1. The van der Waals surface area contributed by atoms with Gasteiger partial charge >= 0.3 is 6.03 Å². The SMILES string of the molecule is O=C1NC(=O)N2Cc3c(c4cccnc4n3Cc3ccc(Oc4ccccc4)cc3)CC12. The first-order valence-corrected chi connectivity index (χ1v) is 10.6. The van der Waals surface area contributed by atoms with Crippen LogP contribution in [0.15, 0.2) is 72.9 Å². The average molecular weight is 424 g/mol. The lowest BCUT2D eigenvalue weighted by molar-refractivity contribution is -0.121. The Morgan fingerprint density at radius 2 is 1.75 bits per heavy atom. The molecular weight excluding hydrogens is 404 g/mol. The van der Waals surface area contributed by atoms with Crippen molar-refractivity contribution < 1.29 is 14.3 Å². The summed E-state index contributed by atoms with van der Waals surface area (Å²) >= 11 is 0. The third-order valence-electron chi connectivity index (χ3n) is 6.17. The van der Waals surface area contributed by atoms with Gasteiger partial charge in [0.15, 0.2) is 0 Å². The molecule has 0 bridgehead atoms. The predicted octanol–water partition coefficient (Wildman–Crippen LogP) is 3.85. The van der Waals surface area contributed by atoms with Crippen molar-refractivity contribution in [3.05, 3.63) is 89.7 Å². The van der Waals surface area contributed by atoms with Gasteiger partial charge in [-0.2, -0.15) is 0 Å². The molecule has 1 N–H and O–H groups in total. The van der Waals surface area contributed by atoms with Crippen LogP contribution >= 0.6 is 0 Å². The molecule has 6 rings (SSSR count). The number of urea groups is 1. The molecule has 4 heterocycles. The van der Waals surface area contributed by atoms with Gasteiger partial charge in [-0.05, 0) is 47.5 Å². The van der Waals surface area contributed by atoms with E-state index >= 15 is 0 Å². The van der Waals surface area contributed by atoms with Crippen LogP contribution in [0.1, 0.15) is 16.8 Å². The summed E-state index contributed by atoms with van der Waals surface area (Å²) < 4.78 is 8.05. The van der Waals surface area contributed by atoms with E-state index in [-0.39, 0.29) is 11.9 Å². The molecule has 2 aromatic heterocycles. The standard InChI is InChI=1S/C25H20N4O3/c30-24-21-13-20-19-7-4-12-26-23(19)28(22(20)15-29(21)25(31)27-24)14-16-8-10-18(11-9-16)32-17-5-2-1-3-6-17/h1-12,21H,13-15H2,(H,27,30,31). The smallest absolute Gasteiger partial charge is 0.325 e. The topological polar surface area (TPSA) is 76.5 Å². The summed E-state index contributed by atoms with van der Waals surface area (Å²) in [5.41, 5.74) is 4.10. The van der Waals surface area contributed by atoms with E-state index in [1.165, 1.54) is 0 Å². The molecule has 1 saturated heterocycles. The summed E-state index contributed by atoms with van der Waals surface area (Å²) in [5.74, 6) is 1.34. The minimum Gasteiger partial charge on any atom is -0.457 e. The van der Waals surface area contributed by atoms with Gasteiger partial charge in [0.2, 0.25) is 0 Å². The van der Waals surface area contributed by atoms with Gasteiger partial charge in [-0.3, -0.25) is 10.1 Å². The van der Waals surface area contributed by atoms with E-state index in [2.05, 4.69) is 14.9 Å². The van der Waals surface area contributed by atoms with E-state index in [0.29, 0.717) is 19.5 Å². The molecule has 0 radical (unpaired) electrons. The number of rotatable bonds is 4. The van der Waals surface area contributed by atoms with Crippen molar-refractivity contribution in [1.29, 1.82) is 0 Å². The summed E-state index contributed by atoms with van der Waals surface area (Å²) in [4.78, 5) is 30.7. The number of hydrogen-bond donors (Lipinski definition) is 1. The molecule has 0 spiro atoms. The second kappa shape index (κ2) is 7.23. The lowest BCUT2D eigenvalue weighted by atomic mass is 9.98. The quantitative estimate of drug-likeness (QED) is 0.505. The maximum absolute atomic E-state index is 12.3. The van der Waals surface area contributed by atoms with E-state index in [1.807, 2.05) is 66.7 Å². The molecule has 2 aromatic carbocycles. The highest BCUT2D eigenvalue weighted by atomic mass is 16.5. The highest BCUT2D eigenvalue weighted by Crippen LogP contribution is 2.34. The fourth-order valence-corrected chi connectivity index (χ4v) is 4.63. The summed E-state index contributed by atoms with van der Waals surface area (Å²) in [6, 6.07) is 20.9. The Hall–Kier alpha value is -4.13. The first-order chi connectivity index (χ1) is 15.7. The molecule has 1 atom stereocenters. The molecule has 2 aliphatic heterocycles. The molecule has 3 amide bonds. The summed E-state index contributed by atoms with van der Waals surface area (Å²) in [7, 11) is 0. The van der Waals surface area contributed by atoms with Crippen LogP contribution in [0.5, 0.6) is 11.5 Å². The number of carbonyl (C=O) groups excluding carboxylic acids is 2. The van der Waals surface area contributed by atoms with Crippen molar-refractivity contribution in [2.24, 2.45) is 0 Å². The van der Waals surface area contributed by atoms with Crippen LogP contribution in [0.3, 0.4) is 0 Å². The largest absolute Gasteiger partial charge is 0.457 e. The zero-order valence-corrected chi connectivity index (χ0v) is 17.2. The van der Waals surface area contributed by atoms with Crippen molar-refractivity contribution >= 4 is 23.0 Å². The molecule has 2 aliphatic rings. The Kier molecular flexibility index (Phi) is 4.21. The number of carbonyl (C=O) groups is 2. The van der Waals surface area contributed by atoms with Gasteiger partial charge in [0, 0.05) is 30.2 Å². The molecule has 32 heavy (non-hydrogen) atoms. The average Bonchev–Trinajstić information content (AvgIpc) is 3.28. The number of pyridine rings is 1. The van der Waals surface area contributed by atoms with Gasteiger partial charge in [-0.1, -0.05) is 30.3 Å². The number of hydrogen-bond acceptors (Lipinski definition) is 4. The van der Waals surface area contributed by atoms with E-state index in [9.17, 15) is 9.59 Å². The van der Waals surface area contributed by atoms with Gasteiger partial charge in [0.1, 0.15) is 23.2 Å². The fourth-order valence-electron chi connectivity index (χ4n) is 4.63. The minimum atomic E-state index is -0.441. The van der Waals surface area contributed by atoms with E-state index in [0.717, 1.165) is 39.4 Å². The van der Waals surface area contributed by atoms with Crippen molar-refractivity contribution in [3.63, 3.8) is 0 Å². The van der Waals surface area contributed by atoms with Crippen molar-refractivity contribution in [1.82, 2.24) is 19.8 Å². The number of imide groups is 1. The molecule has 1 fully saturated rings. The highest BCUT2D eigenvalue weighted by Gasteiger charge is 2.43. The van der Waals surface area contributed by atoms with E-state index < -0.39 is 6.04 Å². The molecule has 0 saturated carbocycles. The fraction of sp³-hybridized carbons (Fsp3) is 0.160. The zero-order valence-electron chi connectivity index (χ0n) is 17.2. The predicted molar refractivity (Wildman–Crippen MR) is 118 cm³/mol. The van der Waals surface area contributed by atoms with Crippen molar-refractivity contribution in [3.8, 4) is 11.5 Å². The normalized spacial score (nSPS) is 17.2. The van der Waals surface area contributed by atoms with Crippen LogP contribution in [-0.4, -0.2) is 32.4 Å². The summed E-state index contributed by atoms with van der Waals surface area (Å²) in [6.45, 7) is 1.01. The van der Waals surface area contributed by atoms with Crippen molar-refractivity contribution in [2.75, 3.05) is 0 Å². The highest BCUT2D eigenvalue weighted by molar-refractivity contribution is 6.05. The second-order valence-corrected chi connectivity index (χ2v) is 8.09. The van der Waals surface area contributed by atoms with Gasteiger partial charge in [-0.15, -0.1) is 0 Å². The minimum absolute atomic E-state index is 0.223. The van der Waals surface area contributed by atoms with Gasteiger partial charge in [0.25, 0.3) is 5.91 Å². The van der Waals surface area contributed by atoms with Crippen LogP contribution < -0.4 is 10.1 Å². The molecule has 7 nitrogen and oxygen atoms in total. The maximum Gasteiger partial charge on any atom is 0.325 e. The number of fused-ring (bicyclic) bond motifs is 4. The Morgan fingerprint density at radius 3 is 2.56 bits per heavy atom. The Labute approximate surface area is 184 Å². The maximum atomic E-state index is 12.3. The zero-order chi connectivity index (χ0) is 21.7. The monoisotopic (exact) mass is 424 g/mol. The lowest BCUT2D eigenvalue weighted by Gasteiger charge is -2.28. The molecular formula is C25H20N4O3. The Balaban J connectivity index is 1.34.